The van der Waals surface area contributed by atoms with Gasteiger partial charge in [-0.2, -0.15) is 0 Å². The van der Waals surface area contributed by atoms with Gasteiger partial charge < -0.3 is 4.90 Å². The molecule has 9 aromatic rings. The molecule has 0 fully saturated rings. The van der Waals surface area contributed by atoms with Crippen molar-refractivity contribution in [2.75, 3.05) is 4.90 Å². The predicted octanol–water partition coefficient (Wildman–Crippen LogP) is 13.5. The third-order valence-corrected chi connectivity index (χ3v) is 10.9. The number of benzene rings is 9. The smallest absolute Gasteiger partial charge is 0.108 e. The van der Waals surface area contributed by atoms with Crippen LogP contribution in [0.3, 0.4) is 0 Å². The summed E-state index contributed by atoms with van der Waals surface area (Å²) in [6, 6.07) is 76.3. The van der Waals surface area contributed by atoms with Crippen LogP contribution in [0.25, 0.3) is 43.8 Å². The Kier molecular flexibility index (Phi) is 7.68. The van der Waals surface area contributed by atoms with Crippen LogP contribution in [0.4, 0.5) is 17.1 Å². The number of hydrogen-bond acceptors (Lipinski definition) is 1. The second kappa shape index (κ2) is 13.1. The number of nitrogens with zero attached hydrogens (tertiary/aromatic N) is 1. The van der Waals surface area contributed by atoms with Gasteiger partial charge in [0.25, 0.3) is 0 Å². The summed E-state index contributed by atoms with van der Waals surface area (Å²) in [5, 5.41) is 4.87. The van der Waals surface area contributed by atoms with E-state index in [-0.39, 0.29) is 0 Å². The molecule has 0 bridgehead atoms. The lowest BCUT2D eigenvalue weighted by molar-refractivity contribution is 0.837. The number of rotatable bonds is 5. The average molecular weight is 686 g/mol. The molecule has 0 N–H and O–H groups in total. The van der Waals surface area contributed by atoms with Gasteiger partial charge in [0.05, 0.1) is 0 Å². The largest absolute Gasteiger partial charge is 0.310 e. The fourth-order valence-electron chi connectivity index (χ4n) is 8.40. The minimum Gasteiger partial charge on any atom is -0.310 e. The molecule has 1 unspecified atom stereocenters. The Morgan fingerprint density at radius 1 is 0.370 bits per heavy atom. The zero-order valence-electron chi connectivity index (χ0n) is 29.7. The van der Waals surface area contributed by atoms with Gasteiger partial charge in [0.1, 0.15) is 5.41 Å². The van der Waals surface area contributed by atoms with Crippen LogP contribution in [-0.2, 0) is 5.41 Å². The van der Waals surface area contributed by atoms with Crippen molar-refractivity contribution in [2.45, 2.75) is 5.41 Å². The van der Waals surface area contributed by atoms with E-state index in [9.17, 15) is 0 Å². The van der Waals surface area contributed by atoms with Crippen LogP contribution in [0.1, 0.15) is 22.3 Å². The lowest BCUT2D eigenvalue weighted by Gasteiger charge is -2.29. The van der Waals surface area contributed by atoms with Crippen LogP contribution in [-0.4, -0.2) is 0 Å². The Balaban J connectivity index is 1.14. The summed E-state index contributed by atoms with van der Waals surface area (Å²) in [7, 11) is 0. The van der Waals surface area contributed by atoms with Crippen molar-refractivity contribution in [3.8, 4) is 34.1 Å². The molecule has 0 amide bonds. The van der Waals surface area contributed by atoms with Crippen molar-refractivity contribution in [3.63, 3.8) is 0 Å². The topological polar surface area (TPSA) is 3.24 Å². The molecule has 0 saturated heterocycles. The van der Waals surface area contributed by atoms with Crippen LogP contribution >= 0.6 is 0 Å². The maximum absolute atomic E-state index is 3.92. The normalized spacial score (nSPS) is 14.2. The molecule has 1 aliphatic carbocycles. The lowest BCUT2D eigenvalue weighted by Crippen LogP contribution is -2.25. The molecule has 0 saturated carbocycles. The zero-order chi connectivity index (χ0) is 35.9. The van der Waals surface area contributed by atoms with E-state index in [0.717, 1.165) is 22.6 Å². The van der Waals surface area contributed by atoms with Gasteiger partial charge in [0.2, 0.25) is 0 Å². The van der Waals surface area contributed by atoms with Gasteiger partial charge in [0, 0.05) is 22.6 Å². The van der Waals surface area contributed by atoms with Crippen LogP contribution in [0, 0.1) is 11.8 Å². The Hall–Kier alpha value is -7.14. The van der Waals surface area contributed by atoms with Crippen LogP contribution < -0.4 is 4.90 Å². The first kappa shape index (κ1) is 31.6. The highest BCUT2D eigenvalue weighted by atomic mass is 15.1. The molecular weight excluding hydrogens is 651 g/mol. The summed E-state index contributed by atoms with van der Waals surface area (Å²) in [5.74, 6) is 7.62. The highest BCUT2D eigenvalue weighted by molar-refractivity contribution is 5.97. The van der Waals surface area contributed by atoms with Crippen LogP contribution in [0.2, 0.25) is 0 Å². The van der Waals surface area contributed by atoms with Crippen LogP contribution in [0.5, 0.6) is 0 Å². The minimum absolute atomic E-state index is 0.652. The van der Waals surface area contributed by atoms with E-state index in [4.69, 9.17) is 0 Å². The molecule has 1 heteroatoms. The van der Waals surface area contributed by atoms with Gasteiger partial charge in [-0.05, 0) is 103 Å². The van der Waals surface area contributed by atoms with Gasteiger partial charge in [-0.3, -0.25) is 0 Å². The Bertz CT molecular complexity index is 2870. The lowest BCUT2D eigenvalue weighted by atomic mass is 9.73. The van der Waals surface area contributed by atoms with Crippen LogP contribution in [0.15, 0.2) is 212 Å². The van der Waals surface area contributed by atoms with Crippen molar-refractivity contribution >= 4 is 38.6 Å². The van der Waals surface area contributed by atoms with Gasteiger partial charge in [-0.25, -0.2) is 0 Å². The first-order chi connectivity index (χ1) is 26.8. The second-order valence-corrected chi connectivity index (χ2v) is 13.9. The Morgan fingerprint density at radius 3 is 1.72 bits per heavy atom. The third-order valence-electron chi connectivity index (χ3n) is 10.9. The molecule has 10 rings (SSSR count). The molecule has 1 atom stereocenters. The van der Waals surface area contributed by atoms with E-state index in [0.29, 0.717) is 0 Å². The van der Waals surface area contributed by atoms with Crippen molar-refractivity contribution in [2.24, 2.45) is 0 Å². The van der Waals surface area contributed by atoms with Crippen molar-refractivity contribution in [3.05, 3.63) is 235 Å². The van der Waals surface area contributed by atoms with Gasteiger partial charge >= 0.3 is 0 Å². The number of fused-ring (bicyclic) bond motifs is 5. The third kappa shape index (κ3) is 5.20. The highest BCUT2D eigenvalue weighted by Gasteiger charge is 2.44. The summed E-state index contributed by atoms with van der Waals surface area (Å²) in [6.07, 6.45) is 0. The summed E-state index contributed by atoms with van der Waals surface area (Å²) < 4.78 is 0. The SMILES string of the molecule is C(#CC1(c2ccccc2)c2ccccc2-c2cc(N(c3ccccc3)c3ccc(-c4cccc5ccccc45)cc3)ccc21)c1cccc2ccccc12. The number of anilines is 3. The van der Waals surface area contributed by atoms with Gasteiger partial charge in [0.15, 0.2) is 0 Å². The predicted molar refractivity (Wildman–Crippen MR) is 227 cm³/mol. The maximum Gasteiger partial charge on any atom is 0.108 e. The first-order valence-corrected chi connectivity index (χ1v) is 18.5. The maximum atomic E-state index is 3.92. The van der Waals surface area contributed by atoms with Gasteiger partial charge in [-0.1, -0.05) is 182 Å². The molecule has 252 valence electrons. The van der Waals surface area contributed by atoms with E-state index in [1.807, 2.05) is 0 Å². The molecule has 1 nitrogen and oxygen atoms in total. The standard InChI is InChI=1S/C53H35N/c1-3-20-42(21-4-1)53(36-35-40-18-13-17-38-15-7-9-24-46(38)40)51-28-12-11-26-49(51)50-37-45(33-34-52(50)53)54(43-22-5-2-6-23-43)44-31-29-41(30-32-44)48-27-14-19-39-16-8-10-25-47(39)48/h1-34,37H. The quantitative estimate of drug-likeness (QED) is 0.163. The summed E-state index contributed by atoms with van der Waals surface area (Å²) in [4.78, 5) is 2.36. The molecular formula is C53H35N. The van der Waals surface area contributed by atoms with E-state index in [1.165, 1.54) is 60.5 Å². The van der Waals surface area contributed by atoms with E-state index in [2.05, 4.69) is 229 Å². The fourth-order valence-corrected chi connectivity index (χ4v) is 8.40. The minimum atomic E-state index is -0.652. The van der Waals surface area contributed by atoms with E-state index in [1.54, 1.807) is 0 Å². The molecule has 0 heterocycles. The molecule has 0 aliphatic heterocycles. The zero-order valence-corrected chi connectivity index (χ0v) is 29.7. The molecule has 54 heavy (non-hydrogen) atoms. The summed E-state index contributed by atoms with van der Waals surface area (Å²) in [6.45, 7) is 0. The van der Waals surface area contributed by atoms with E-state index < -0.39 is 5.41 Å². The Labute approximate surface area is 316 Å². The molecule has 0 radical (unpaired) electrons. The monoisotopic (exact) mass is 685 g/mol. The fraction of sp³-hybridized carbons (Fsp3) is 0.0189. The number of hydrogen-bond donors (Lipinski definition) is 0. The highest BCUT2D eigenvalue weighted by Crippen LogP contribution is 2.54. The van der Waals surface area contributed by atoms with E-state index >= 15 is 0 Å². The molecule has 1 aliphatic rings. The van der Waals surface area contributed by atoms with Gasteiger partial charge in [-0.15, -0.1) is 0 Å². The first-order valence-electron chi connectivity index (χ1n) is 18.5. The summed E-state index contributed by atoms with van der Waals surface area (Å²) in [5.41, 5.74) is 12.1. The second-order valence-electron chi connectivity index (χ2n) is 13.9. The molecule has 0 aromatic heterocycles. The Morgan fingerprint density at radius 2 is 0.926 bits per heavy atom. The number of para-hydroxylation sites is 1. The van der Waals surface area contributed by atoms with Crippen molar-refractivity contribution in [1.82, 2.24) is 0 Å². The summed E-state index contributed by atoms with van der Waals surface area (Å²) >= 11 is 0. The molecule has 9 aromatic carbocycles. The van der Waals surface area contributed by atoms with Crippen molar-refractivity contribution in [1.29, 1.82) is 0 Å². The molecule has 0 spiro atoms. The van der Waals surface area contributed by atoms with Crippen molar-refractivity contribution < 1.29 is 0 Å². The average Bonchev–Trinajstić information content (AvgIpc) is 3.53.